The molecule has 3 rings (SSSR count). The highest BCUT2D eigenvalue weighted by atomic mass is 35.5. The lowest BCUT2D eigenvalue weighted by molar-refractivity contribution is 0.0811. The third kappa shape index (κ3) is 4.05. The van der Waals surface area contributed by atoms with E-state index in [1.807, 2.05) is 23.0 Å². The lowest BCUT2D eigenvalue weighted by Crippen LogP contribution is -2.38. The fourth-order valence-electron chi connectivity index (χ4n) is 3.29. The molecule has 2 heterocycles. The van der Waals surface area contributed by atoms with E-state index in [1.165, 1.54) is 5.56 Å². The van der Waals surface area contributed by atoms with Crippen LogP contribution in [-0.4, -0.2) is 33.6 Å². The maximum atomic E-state index is 12.7. The van der Waals surface area contributed by atoms with Crippen LogP contribution in [0.3, 0.4) is 0 Å². The van der Waals surface area contributed by atoms with Gasteiger partial charge in [-0.3, -0.25) is 14.4 Å². The summed E-state index contributed by atoms with van der Waals surface area (Å²) < 4.78 is 1.98. The topological polar surface area (TPSA) is 38.1 Å². The van der Waals surface area contributed by atoms with Gasteiger partial charge in [0.15, 0.2) is 5.78 Å². The smallest absolute Gasteiger partial charge is 0.167 e. The first kappa shape index (κ1) is 17.2. The number of carbonyl (C=O) groups is 1. The van der Waals surface area contributed by atoms with Crippen LogP contribution in [0, 0.1) is 5.92 Å². The number of aromatic nitrogens is 2. The van der Waals surface area contributed by atoms with E-state index in [0.717, 1.165) is 38.0 Å². The number of rotatable bonds is 5. The second-order valence-electron chi connectivity index (χ2n) is 6.87. The molecule has 1 aromatic heterocycles. The molecule has 128 valence electrons. The van der Waals surface area contributed by atoms with Gasteiger partial charge in [-0.25, -0.2) is 0 Å². The van der Waals surface area contributed by atoms with E-state index in [0.29, 0.717) is 11.1 Å². The second kappa shape index (κ2) is 7.49. The summed E-state index contributed by atoms with van der Waals surface area (Å²) in [5, 5.41) is 5.02. The van der Waals surface area contributed by atoms with Crippen LogP contribution in [0.2, 0.25) is 5.02 Å². The van der Waals surface area contributed by atoms with Gasteiger partial charge in [-0.05, 0) is 45.4 Å². The summed E-state index contributed by atoms with van der Waals surface area (Å²) in [4.78, 5) is 15.1. The van der Waals surface area contributed by atoms with Crippen molar-refractivity contribution in [2.24, 2.45) is 5.92 Å². The molecule has 1 unspecified atom stereocenters. The minimum atomic E-state index is 0.0531. The van der Waals surface area contributed by atoms with Gasteiger partial charge in [-0.1, -0.05) is 23.7 Å². The Labute approximate surface area is 148 Å². The largest absolute Gasteiger partial charge is 0.298 e. The molecule has 24 heavy (non-hydrogen) atoms. The lowest BCUT2D eigenvalue weighted by atomic mass is 9.90. The number of hydrogen-bond acceptors (Lipinski definition) is 3. The van der Waals surface area contributed by atoms with E-state index in [1.54, 1.807) is 12.1 Å². The van der Waals surface area contributed by atoms with Crippen molar-refractivity contribution < 1.29 is 4.79 Å². The molecular weight excluding hydrogens is 322 g/mol. The Hall–Kier alpha value is -1.65. The quantitative estimate of drug-likeness (QED) is 0.762. The second-order valence-corrected chi connectivity index (χ2v) is 7.31. The Morgan fingerprint density at radius 3 is 2.96 bits per heavy atom. The van der Waals surface area contributed by atoms with E-state index in [4.69, 9.17) is 11.6 Å². The SMILES string of the molecule is CC(C)n1cc(CN2CCCC(C(=O)c3cccc(Cl)c3)C2)cn1. The number of nitrogens with zero attached hydrogens (tertiary/aromatic N) is 3. The number of halogens is 1. The van der Waals surface area contributed by atoms with E-state index < -0.39 is 0 Å². The average molecular weight is 346 g/mol. The molecule has 2 aromatic rings. The van der Waals surface area contributed by atoms with E-state index in [2.05, 4.69) is 30.0 Å². The van der Waals surface area contributed by atoms with Crippen molar-refractivity contribution >= 4 is 17.4 Å². The number of carbonyl (C=O) groups excluding carboxylic acids is 1. The Morgan fingerprint density at radius 1 is 1.42 bits per heavy atom. The highest BCUT2D eigenvalue weighted by Gasteiger charge is 2.26. The Morgan fingerprint density at radius 2 is 2.25 bits per heavy atom. The molecule has 1 fully saturated rings. The zero-order valence-electron chi connectivity index (χ0n) is 14.3. The number of Topliss-reactive ketones (excluding diaryl/α,β-unsaturated/α-hetero) is 1. The van der Waals surface area contributed by atoms with Crippen LogP contribution >= 0.6 is 11.6 Å². The zero-order chi connectivity index (χ0) is 17.1. The van der Waals surface area contributed by atoms with Crippen LogP contribution in [-0.2, 0) is 6.54 Å². The molecule has 0 saturated carbocycles. The van der Waals surface area contributed by atoms with Gasteiger partial charge in [0.2, 0.25) is 0 Å². The van der Waals surface area contributed by atoms with Crippen molar-refractivity contribution in [1.29, 1.82) is 0 Å². The van der Waals surface area contributed by atoms with Crippen LogP contribution < -0.4 is 0 Å². The monoisotopic (exact) mass is 345 g/mol. The zero-order valence-corrected chi connectivity index (χ0v) is 15.0. The summed E-state index contributed by atoms with van der Waals surface area (Å²) in [6.45, 7) is 6.94. The summed E-state index contributed by atoms with van der Waals surface area (Å²) in [5.74, 6) is 0.262. The summed E-state index contributed by atoms with van der Waals surface area (Å²) in [6.07, 6.45) is 6.04. The molecule has 1 saturated heterocycles. The first-order chi connectivity index (χ1) is 11.5. The molecule has 0 amide bonds. The minimum absolute atomic E-state index is 0.0531. The van der Waals surface area contributed by atoms with Crippen LogP contribution in [0.15, 0.2) is 36.7 Å². The van der Waals surface area contributed by atoms with Gasteiger partial charge >= 0.3 is 0 Å². The molecule has 1 aliphatic rings. The summed E-state index contributed by atoms with van der Waals surface area (Å²) in [6, 6.07) is 7.65. The van der Waals surface area contributed by atoms with Crippen LogP contribution in [0.5, 0.6) is 0 Å². The summed E-state index contributed by atoms with van der Waals surface area (Å²) >= 11 is 6.02. The number of likely N-dealkylation sites (tertiary alicyclic amines) is 1. The Kier molecular flexibility index (Phi) is 5.36. The van der Waals surface area contributed by atoms with Crippen molar-refractivity contribution in [3.8, 4) is 0 Å². The van der Waals surface area contributed by atoms with Gasteiger partial charge in [-0.15, -0.1) is 0 Å². The van der Waals surface area contributed by atoms with Crippen molar-refractivity contribution in [2.45, 2.75) is 39.3 Å². The predicted molar refractivity (Wildman–Crippen MR) is 96.4 cm³/mol. The van der Waals surface area contributed by atoms with Gasteiger partial charge in [-0.2, -0.15) is 5.10 Å². The molecule has 0 aliphatic carbocycles. The Balaban J connectivity index is 1.64. The average Bonchev–Trinajstić information content (AvgIpc) is 3.03. The van der Waals surface area contributed by atoms with Gasteiger partial charge in [0.25, 0.3) is 0 Å². The molecule has 0 bridgehead atoms. The molecule has 4 nitrogen and oxygen atoms in total. The minimum Gasteiger partial charge on any atom is -0.298 e. The van der Waals surface area contributed by atoms with Crippen molar-refractivity contribution in [3.63, 3.8) is 0 Å². The van der Waals surface area contributed by atoms with E-state index >= 15 is 0 Å². The van der Waals surface area contributed by atoms with Gasteiger partial charge in [0.1, 0.15) is 0 Å². The summed E-state index contributed by atoms with van der Waals surface area (Å²) in [5.41, 5.74) is 1.93. The molecule has 0 radical (unpaired) electrons. The maximum Gasteiger partial charge on any atom is 0.167 e. The van der Waals surface area contributed by atoms with Crippen molar-refractivity contribution in [2.75, 3.05) is 13.1 Å². The number of piperidine rings is 1. The molecule has 1 aliphatic heterocycles. The van der Waals surface area contributed by atoms with Crippen LogP contribution in [0.4, 0.5) is 0 Å². The fraction of sp³-hybridized carbons (Fsp3) is 0.474. The highest BCUT2D eigenvalue weighted by Crippen LogP contribution is 2.23. The van der Waals surface area contributed by atoms with E-state index in [9.17, 15) is 4.79 Å². The molecule has 1 atom stereocenters. The normalized spacial score (nSPS) is 18.9. The first-order valence-corrected chi connectivity index (χ1v) is 8.96. The molecule has 0 N–H and O–H groups in total. The Bertz CT molecular complexity index is 710. The number of hydrogen-bond donors (Lipinski definition) is 0. The third-order valence-electron chi connectivity index (χ3n) is 4.58. The van der Waals surface area contributed by atoms with Gasteiger partial charge in [0, 0.05) is 47.4 Å². The highest BCUT2D eigenvalue weighted by molar-refractivity contribution is 6.31. The fourth-order valence-corrected chi connectivity index (χ4v) is 3.48. The molecule has 1 aromatic carbocycles. The number of ketones is 1. The standard InChI is InChI=1S/C19H24ClN3O/c1-14(2)23-12-15(10-21-23)11-22-8-4-6-17(13-22)19(24)16-5-3-7-18(20)9-16/h3,5,7,9-10,12,14,17H,4,6,8,11,13H2,1-2H3. The van der Waals surface area contributed by atoms with Gasteiger partial charge in [0.05, 0.1) is 6.20 Å². The van der Waals surface area contributed by atoms with E-state index in [-0.39, 0.29) is 11.7 Å². The predicted octanol–water partition coefficient (Wildman–Crippen LogP) is 4.21. The lowest BCUT2D eigenvalue weighted by Gasteiger charge is -2.31. The first-order valence-electron chi connectivity index (χ1n) is 8.58. The third-order valence-corrected chi connectivity index (χ3v) is 4.81. The molecular formula is C19H24ClN3O. The van der Waals surface area contributed by atoms with Crippen LogP contribution in [0.1, 0.15) is 48.7 Å². The van der Waals surface area contributed by atoms with Gasteiger partial charge < -0.3 is 0 Å². The maximum absolute atomic E-state index is 12.7. The van der Waals surface area contributed by atoms with Crippen LogP contribution in [0.25, 0.3) is 0 Å². The van der Waals surface area contributed by atoms with Crippen molar-refractivity contribution in [3.05, 3.63) is 52.8 Å². The number of benzene rings is 1. The summed E-state index contributed by atoms with van der Waals surface area (Å²) in [7, 11) is 0. The molecule has 5 heteroatoms. The molecule has 0 spiro atoms. The van der Waals surface area contributed by atoms with Crippen molar-refractivity contribution in [1.82, 2.24) is 14.7 Å².